The Bertz CT molecular complexity index is 1090. The third kappa shape index (κ3) is 6.71. The van der Waals surface area contributed by atoms with Crippen LogP contribution in [0, 0.1) is 6.92 Å². The highest BCUT2D eigenvalue weighted by Crippen LogP contribution is 2.25. The molecule has 184 valence electrons. The van der Waals surface area contributed by atoms with E-state index in [9.17, 15) is 4.79 Å². The van der Waals surface area contributed by atoms with Crippen molar-refractivity contribution in [1.29, 1.82) is 0 Å². The van der Waals surface area contributed by atoms with Gasteiger partial charge in [0.1, 0.15) is 5.75 Å². The Morgan fingerprint density at radius 2 is 1.60 bits per heavy atom. The predicted octanol–water partition coefficient (Wildman–Crippen LogP) is 5.28. The molecule has 0 saturated carbocycles. The molecule has 5 nitrogen and oxygen atoms in total. The van der Waals surface area contributed by atoms with Crippen LogP contribution in [0.15, 0.2) is 72.8 Å². The number of ether oxygens (including phenoxy) is 2. The molecule has 3 aromatic rings. The summed E-state index contributed by atoms with van der Waals surface area (Å²) in [6, 6.07) is 24.6. The molecule has 1 saturated heterocycles. The van der Waals surface area contributed by atoms with E-state index in [4.69, 9.17) is 9.47 Å². The average molecular weight is 473 g/mol. The van der Waals surface area contributed by atoms with Gasteiger partial charge < -0.3 is 14.4 Å². The number of carbonyl (C=O) groups excluding carboxylic acids is 1. The first-order valence-electron chi connectivity index (χ1n) is 12.5. The summed E-state index contributed by atoms with van der Waals surface area (Å²) < 4.78 is 11.9. The van der Waals surface area contributed by atoms with Crippen molar-refractivity contribution in [3.05, 3.63) is 101 Å². The number of benzene rings is 3. The first-order chi connectivity index (χ1) is 17.1. The first-order valence-corrected chi connectivity index (χ1v) is 12.5. The molecule has 5 heteroatoms. The van der Waals surface area contributed by atoms with Crippen LogP contribution in [-0.4, -0.2) is 55.5 Å². The van der Waals surface area contributed by atoms with Gasteiger partial charge in [-0.2, -0.15) is 0 Å². The Kier molecular flexibility index (Phi) is 8.56. The van der Waals surface area contributed by atoms with Crippen LogP contribution >= 0.6 is 0 Å². The van der Waals surface area contributed by atoms with Crippen LogP contribution in [0.4, 0.5) is 0 Å². The maximum absolute atomic E-state index is 13.0. The highest BCUT2D eigenvalue weighted by Gasteiger charge is 2.25. The Morgan fingerprint density at radius 3 is 2.26 bits per heavy atom. The smallest absolute Gasteiger partial charge is 0.253 e. The minimum absolute atomic E-state index is 0.0877. The van der Waals surface area contributed by atoms with Crippen LogP contribution < -0.4 is 4.74 Å². The van der Waals surface area contributed by atoms with Gasteiger partial charge in [-0.15, -0.1) is 0 Å². The van der Waals surface area contributed by atoms with E-state index in [-0.39, 0.29) is 12.0 Å². The van der Waals surface area contributed by atoms with Gasteiger partial charge in [0.05, 0.1) is 19.8 Å². The highest BCUT2D eigenvalue weighted by molar-refractivity contribution is 5.94. The molecule has 4 rings (SSSR count). The Hall–Kier alpha value is -3.15. The fourth-order valence-corrected chi connectivity index (χ4v) is 4.41. The lowest BCUT2D eigenvalue weighted by atomic mass is 10.1. The van der Waals surface area contributed by atoms with E-state index in [1.807, 2.05) is 41.3 Å². The molecule has 0 unspecified atom stereocenters. The Balaban J connectivity index is 1.39. The van der Waals surface area contributed by atoms with Crippen molar-refractivity contribution in [1.82, 2.24) is 9.80 Å². The SMILES string of the molecule is CCc1ccc(C(=O)N2CCN(C[C@@H](OCc3ccc(C)cc3)c3cccc(OC)c3)CC2)cc1. The molecule has 1 fully saturated rings. The summed E-state index contributed by atoms with van der Waals surface area (Å²) in [7, 11) is 1.69. The van der Waals surface area contributed by atoms with Crippen molar-refractivity contribution in [2.24, 2.45) is 0 Å². The molecular formula is C30H36N2O3. The van der Waals surface area contributed by atoms with E-state index in [0.29, 0.717) is 6.61 Å². The number of piperazine rings is 1. The van der Waals surface area contributed by atoms with Gasteiger partial charge in [-0.05, 0) is 54.3 Å². The largest absolute Gasteiger partial charge is 0.497 e. The van der Waals surface area contributed by atoms with Crippen molar-refractivity contribution >= 4 is 5.91 Å². The molecule has 1 heterocycles. The van der Waals surface area contributed by atoms with Crippen molar-refractivity contribution in [3.63, 3.8) is 0 Å². The second kappa shape index (κ2) is 12.0. The van der Waals surface area contributed by atoms with Crippen molar-refractivity contribution in [2.45, 2.75) is 33.0 Å². The van der Waals surface area contributed by atoms with Crippen LogP contribution in [0.1, 0.15) is 45.6 Å². The summed E-state index contributed by atoms with van der Waals surface area (Å²) in [6.45, 7) is 8.63. The predicted molar refractivity (Wildman–Crippen MR) is 140 cm³/mol. The molecular weight excluding hydrogens is 436 g/mol. The van der Waals surface area contributed by atoms with E-state index in [1.165, 1.54) is 11.1 Å². The van der Waals surface area contributed by atoms with E-state index >= 15 is 0 Å². The average Bonchev–Trinajstić information content (AvgIpc) is 2.92. The minimum Gasteiger partial charge on any atom is -0.497 e. The van der Waals surface area contributed by atoms with Crippen molar-refractivity contribution in [2.75, 3.05) is 39.8 Å². The van der Waals surface area contributed by atoms with Gasteiger partial charge in [-0.1, -0.05) is 61.0 Å². The third-order valence-electron chi connectivity index (χ3n) is 6.73. The maximum atomic E-state index is 13.0. The van der Waals surface area contributed by atoms with Gasteiger partial charge in [0, 0.05) is 38.3 Å². The van der Waals surface area contributed by atoms with E-state index in [0.717, 1.165) is 61.6 Å². The molecule has 3 aromatic carbocycles. The highest BCUT2D eigenvalue weighted by atomic mass is 16.5. The zero-order chi connectivity index (χ0) is 24.6. The van der Waals surface area contributed by atoms with Crippen LogP contribution in [-0.2, 0) is 17.8 Å². The van der Waals surface area contributed by atoms with E-state index < -0.39 is 0 Å². The molecule has 1 atom stereocenters. The Morgan fingerprint density at radius 1 is 0.914 bits per heavy atom. The fraction of sp³-hybridized carbons (Fsp3) is 0.367. The lowest BCUT2D eigenvalue weighted by molar-refractivity contribution is 0.00333. The van der Waals surface area contributed by atoms with E-state index in [2.05, 4.69) is 55.1 Å². The summed E-state index contributed by atoms with van der Waals surface area (Å²) in [5, 5.41) is 0. The number of hydrogen-bond acceptors (Lipinski definition) is 4. The van der Waals surface area contributed by atoms with Crippen LogP contribution in [0.25, 0.3) is 0 Å². The number of nitrogens with zero attached hydrogens (tertiary/aromatic N) is 2. The fourth-order valence-electron chi connectivity index (χ4n) is 4.41. The van der Waals surface area contributed by atoms with Crippen molar-refractivity contribution in [3.8, 4) is 5.75 Å². The van der Waals surface area contributed by atoms with Gasteiger partial charge in [-0.3, -0.25) is 9.69 Å². The molecule has 35 heavy (non-hydrogen) atoms. The molecule has 0 spiro atoms. The topological polar surface area (TPSA) is 42.0 Å². The van der Waals surface area contributed by atoms with Crippen LogP contribution in [0.2, 0.25) is 0 Å². The molecule has 0 bridgehead atoms. The number of rotatable bonds is 9. The minimum atomic E-state index is -0.0877. The number of aryl methyl sites for hydroxylation is 2. The van der Waals surface area contributed by atoms with Crippen molar-refractivity contribution < 1.29 is 14.3 Å². The summed E-state index contributed by atoms with van der Waals surface area (Å²) >= 11 is 0. The summed E-state index contributed by atoms with van der Waals surface area (Å²) in [5.41, 5.74) is 5.53. The second-order valence-corrected chi connectivity index (χ2v) is 9.21. The summed E-state index contributed by atoms with van der Waals surface area (Å²) in [5.74, 6) is 0.947. The molecule has 0 aromatic heterocycles. The lowest BCUT2D eigenvalue weighted by Crippen LogP contribution is -2.49. The van der Waals surface area contributed by atoms with Gasteiger partial charge in [0.15, 0.2) is 0 Å². The first kappa shape index (κ1) is 25.0. The zero-order valence-electron chi connectivity index (χ0n) is 21.1. The summed E-state index contributed by atoms with van der Waals surface area (Å²) in [4.78, 5) is 17.3. The zero-order valence-corrected chi connectivity index (χ0v) is 21.1. The molecule has 0 N–H and O–H groups in total. The number of amides is 1. The quantitative estimate of drug-likeness (QED) is 0.425. The van der Waals surface area contributed by atoms with Gasteiger partial charge in [0.25, 0.3) is 5.91 Å². The van der Waals surface area contributed by atoms with E-state index in [1.54, 1.807) is 7.11 Å². The molecule has 0 aliphatic carbocycles. The summed E-state index contributed by atoms with van der Waals surface area (Å²) in [6.07, 6.45) is 0.892. The monoisotopic (exact) mass is 472 g/mol. The van der Waals surface area contributed by atoms with Gasteiger partial charge in [0.2, 0.25) is 0 Å². The molecule has 1 amide bonds. The number of methoxy groups -OCH3 is 1. The van der Waals surface area contributed by atoms with Crippen LogP contribution in [0.3, 0.4) is 0 Å². The second-order valence-electron chi connectivity index (χ2n) is 9.21. The van der Waals surface area contributed by atoms with Gasteiger partial charge in [-0.25, -0.2) is 0 Å². The maximum Gasteiger partial charge on any atom is 0.253 e. The standard InChI is InChI=1S/C30H36N2O3/c1-4-24-12-14-26(15-13-24)30(33)32-18-16-31(17-19-32)21-29(27-6-5-7-28(20-27)34-3)35-22-25-10-8-23(2)9-11-25/h5-15,20,29H,4,16-19,21-22H2,1-3H3/t29-/m1/s1. The molecule has 0 radical (unpaired) electrons. The third-order valence-corrected chi connectivity index (χ3v) is 6.73. The molecule has 1 aliphatic rings. The van der Waals surface area contributed by atoms with Crippen LogP contribution in [0.5, 0.6) is 5.75 Å². The number of hydrogen-bond donors (Lipinski definition) is 0. The lowest BCUT2D eigenvalue weighted by Gasteiger charge is -2.36. The molecule has 1 aliphatic heterocycles. The number of carbonyl (C=O) groups is 1. The normalized spacial score (nSPS) is 15.1. The van der Waals surface area contributed by atoms with Gasteiger partial charge >= 0.3 is 0 Å². The Labute approximate surface area is 209 Å².